The fourth-order valence-corrected chi connectivity index (χ4v) is 3.01. The van der Waals surface area contributed by atoms with Crippen molar-refractivity contribution in [3.63, 3.8) is 0 Å². The van der Waals surface area contributed by atoms with Crippen LogP contribution in [0.4, 0.5) is 0 Å². The molecule has 0 radical (unpaired) electrons. The van der Waals surface area contributed by atoms with Crippen molar-refractivity contribution in [3.8, 4) is 22.0 Å². The van der Waals surface area contributed by atoms with Crippen molar-refractivity contribution >= 4 is 17.3 Å². The molecular formula is C15H11N3O2S. The van der Waals surface area contributed by atoms with Gasteiger partial charge in [0.15, 0.2) is 0 Å². The molecule has 0 amide bonds. The molecule has 1 N–H and O–H groups in total. The Hall–Kier alpha value is -2.60. The van der Waals surface area contributed by atoms with Crippen LogP contribution in [0, 0.1) is 0 Å². The summed E-state index contributed by atoms with van der Waals surface area (Å²) in [4.78, 5) is 24.4. The fraction of sp³-hybridized carbons (Fsp3) is 0.0667. The summed E-state index contributed by atoms with van der Waals surface area (Å²) >= 11 is 1.35. The van der Waals surface area contributed by atoms with Gasteiger partial charge in [0.1, 0.15) is 17.0 Å². The van der Waals surface area contributed by atoms with E-state index >= 15 is 0 Å². The molecule has 0 unspecified atom stereocenters. The lowest BCUT2D eigenvalue weighted by Gasteiger charge is -1.99. The van der Waals surface area contributed by atoms with Gasteiger partial charge in [-0.1, -0.05) is 30.3 Å². The first-order valence-electron chi connectivity index (χ1n) is 6.27. The minimum atomic E-state index is -0.870. The highest BCUT2D eigenvalue weighted by Gasteiger charge is 2.17. The van der Waals surface area contributed by atoms with E-state index in [1.54, 1.807) is 12.3 Å². The first-order chi connectivity index (χ1) is 10.2. The zero-order valence-electron chi connectivity index (χ0n) is 10.9. The quantitative estimate of drug-likeness (QED) is 0.801. The number of carbonyl (C=O) groups is 1. The second-order valence-electron chi connectivity index (χ2n) is 4.32. The van der Waals surface area contributed by atoms with Crippen molar-refractivity contribution in [2.24, 2.45) is 0 Å². The molecule has 0 saturated heterocycles. The van der Waals surface area contributed by atoms with Gasteiger partial charge in [0.2, 0.25) is 0 Å². The van der Waals surface area contributed by atoms with Gasteiger partial charge in [-0.15, -0.1) is 11.3 Å². The first-order valence-corrected chi connectivity index (χ1v) is 7.09. The third-order valence-electron chi connectivity index (χ3n) is 2.86. The standard InChI is InChI=1S/C15H11N3O2S/c19-13(20)8-12-14(10-4-2-1-3-5-10)18-15(21-12)11-6-7-16-9-17-11/h1-7,9H,8H2,(H,19,20). The van der Waals surface area contributed by atoms with Crippen LogP contribution in [0.2, 0.25) is 0 Å². The molecule has 5 nitrogen and oxygen atoms in total. The summed E-state index contributed by atoms with van der Waals surface area (Å²) in [5.74, 6) is -0.870. The Morgan fingerprint density at radius 1 is 1.19 bits per heavy atom. The summed E-state index contributed by atoms with van der Waals surface area (Å²) in [6, 6.07) is 11.3. The average molecular weight is 297 g/mol. The van der Waals surface area contributed by atoms with E-state index in [9.17, 15) is 4.79 Å². The zero-order valence-corrected chi connectivity index (χ0v) is 11.7. The molecular weight excluding hydrogens is 286 g/mol. The minimum Gasteiger partial charge on any atom is -0.481 e. The smallest absolute Gasteiger partial charge is 0.308 e. The monoisotopic (exact) mass is 297 g/mol. The SMILES string of the molecule is O=C(O)Cc1sc(-c2ccncn2)nc1-c1ccccc1. The van der Waals surface area contributed by atoms with E-state index in [0.29, 0.717) is 16.4 Å². The number of thiazole rings is 1. The van der Waals surface area contributed by atoms with Crippen molar-refractivity contribution in [2.45, 2.75) is 6.42 Å². The van der Waals surface area contributed by atoms with Crippen molar-refractivity contribution in [3.05, 3.63) is 53.8 Å². The van der Waals surface area contributed by atoms with Gasteiger partial charge < -0.3 is 5.11 Å². The normalized spacial score (nSPS) is 10.5. The molecule has 104 valence electrons. The van der Waals surface area contributed by atoms with Crippen LogP contribution in [0.1, 0.15) is 4.88 Å². The van der Waals surface area contributed by atoms with Crippen LogP contribution in [-0.2, 0) is 11.2 Å². The van der Waals surface area contributed by atoms with Gasteiger partial charge in [-0.25, -0.2) is 15.0 Å². The molecule has 2 heterocycles. The Morgan fingerprint density at radius 2 is 2.00 bits per heavy atom. The molecule has 0 saturated carbocycles. The number of aromatic nitrogens is 3. The molecule has 2 aromatic heterocycles. The van der Waals surface area contributed by atoms with E-state index in [1.165, 1.54) is 17.7 Å². The number of aliphatic carboxylic acids is 1. The van der Waals surface area contributed by atoms with Gasteiger partial charge in [-0.3, -0.25) is 4.79 Å². The third-order valence-corrected chi connectivity index (χ3v) is 3.94. The Labute approximate surface area is 125 Å². The van der Waals surface area contributed by atoms with Crippen LogP contribution >= 0.6 is 11.3 Å². The van der Waals surface area contributed by atoms with E-state index in [4.69, 9.17) is 5.11 Å². The first kappa shape index (κ1) is 13.4. The molecule has 0 aliphatic rings. The summed E-state index contributed by atoms with van der Waals surface area (Å²) < 4.78 is 0. The largest absolute Gasteiger partial charge is 0.481 e. The van der Waals surface area contributed by atoms with Gasteiger partial charge in [-0.05, 0) is 6.07 Å². The topological polar surface area (TPSA) is 76.0 Å². The van der Waals surface area contributed by atoms with E-state index < -0.39 is 5.97 Å². The van der Waals surface area contributed by atoms with Crippen molar-refractivity contribution in [1.29, 1.82) is 0 Å². The minimum absolute atomic E-state index is 0.0486. The molecule has 6 heteroatoms. The second kappa shape index (κ2) is 5.80. The lowest BCUT2D eigenvalue weighted by molar-refractivity contribution is -0.136. The number of benzene rings is 1. The lowest BCUT2D eigenvalue weighted by Crippen LogP contribution is -1.99. The van der Waals surface area contributed by atoms with Crippen LogP contribution in [0.25, 0.3) is 22.0 Å². The highest BCUT2D eigenvalue weighted by atomic mass is 32.1. The molecule has 0 aliphatic heterocycles. The molecule has 3 aromatic rings. The van der Waals surface area contributed by atoms with Crippen LogP contribution in [0.3, 0.4) is 0 Å². The average Bonchev–Trinajstić information content (AvgIpc) is 2.92. The maximum absolute atomic E-state index is 11.1. The zero-order chi connectivity index (χ0) is 14.7. The van der Waals surface area contributed by atoms with Gasteiger partial charge in [0.05, 0.1) is 12.1 Å². The van der Waals surface area contributed by atoms with E-state index in [1.807, 2.05) is 30.3 Å². The summed E-state index contributed by atoms with van der Waals surface area (Å²) in [6.45, 7) is 0. The maximum Gasteiger partial charge on any atom is 0.308 e. The predicted octanol–water partition coefficient (Wildman–Crippen LogP) is 2.89. The third kappa shape index (κ3) is 2.95. The number of carboxylic acid groups (broad SMARTS) is 1. The molecule has 0 atom stereocenters. The Morgan fingerprint density at radius 3 is 2.67 bits per heavy atom. The van der Waals surface area contributed by atoms with E-state index in [2.05, 4.69) is 15.0 Å². The van der Waals surface area contributed by atoms with Crippen molar-refractivity contribution in [2.75, 3.05) is 0 Å². The van der Waals surface area contributed by atoms with Crippen LogP contribution in [0.15, 0.2) is 48.9 Å². The van der Waals surface area contributed by atoms with E-state index in [-0.39, 0.29) is 6.42 Å². The van der Waals surface area contributed by atoms with Gasteiger partial charge in [0, 0.05) is 16.6 Å². The number of rotatable bonds is 4. The van der Waals surface area contributed by atoms with Crippen LogP contribution < -0.4 is 0 Å². The maximum atomic E-state index is 11.1. The highest BCUT2D eigenvalue weighted by molar-refractivity contribution is 7.15. The van der Waals surface area contributed by atoms with Gasteiger partial charge in [0.25, 0.3) is 0 Å². The summed E-state index contributed by atoms with van der Waals surface area (Å²) in [5, 5.41) is 9.77. The number of hydrogen-bond acceptors (Lipinski definition) is 5. The summed E-state index contributed by atoms with van der Waals surface area (Å²) in [6.07, 6.45) is 3.05. The van der Waals surface area contributed by atoms with Gasteiger partial charge in [-0.2, -0.15) is 0 Å². The van der Waals surface area contributed by atoms with Crippen molar-refractivity contribution in [1.82, 2.24) is 15.0 Å². The summed E-state index contributed by atoms with van der Waals surface area (Å²) in [5.41, 5.74) is 2.31. The Kier molecular flexibility index (Phi) is 3.70. The molecule has 0 aliphatic carbocycles. The molecule has 21 heavy (non-hydrogen) atoms. The summed E-state index contributed by atoms with van der Waals surface area (Å²) in [7, 11) is 0. The van der Waals surface area contributed by atoms with E-state index in [0.717, 1.165) is 10.4 Å². The van der Waals surface area contributed by atoms with Crippen LogP contribution in [0.5, 0.6) is 0 Å². The van der Waals surface area contributed by atoms with Gasteiger partial charge >= 0.3 is 5.97 Å². The molecule has 0 bridgehead atoms. The Bertz CT molecular complexity index is 757. The Balaban J connectivity index is 2.10. The fourth-order valence-electron chi connectivity index (χ4n) is 1.96. The number of nitrogens with zero attached hydrogens (tertiary/aromatic N) is 3. The molecule has 0 fully saturated rings. The van der Waals surface area contributed by atoms with Crippen molar-refractivity contribution < 1.29 is 9.90 Å². The second-order valence-corrected chi connectivity index (χ2v) is 5.41. The number of hydrogen-bond donors (Lipinski definition) is 1. The number of carboxylic acids is 1. The predicted molar refractivity (Wildman–Crippen MR) is 79.9 cm³/mol. The lowest BCUT2D eigenvalue weighted by atomic mass is 10.1. The molecule has 1 aromatic carbocycles. The van der Waals surface area contributed by atoms with Crippen LogP contribution in [-0.4, -0.2) is 26.0 Å². The highest BCUT2D eigenvalue weighted by Crippen LogP contribution is 2.33. The molecule has 3 rings (SSSR count). The molecule has 0 spiro atoms.